The lowest BCUT2D eigenvalue weighted by molar-refractivity contribution is 0.0197. The van der Waals surface area contributed by atoms with Gasteiger partial charge in [-0.05, 0) is 53.5 Å². The Bertz CT molecular complexity index is 1300. The van der Waals surface area contributed by atoms with E-state index in [4.69, 9.17) is 4.74 Å². The van der Waals surface area contributed by atoms with Gasteiger partial charge in [-0.2, -0.15) is 0 Å². The molecule has 1 aliphatic rings. The maximum absolute atomic E-state index is 14.8. The van der Waals surface area contributed by atoms with Crippen LogP contribution in [0.1, 0.15) is 81.6 Å². The second-order valence-corrected chi connectivity index (χ2v) is 10.4. The number of ether oxygens (including phenoxy) is 1. The van der Waals surface area contributed by atoms with Crippen LogP contribution in [0.25, 0.3) is 10.9 Å². The van der Waals surface area contributed by atoms with Crippen LogP contribution in [-0.2, 0) is 4.74 Å². The highest BCUT2D eigenvalue weighted by atomic mass is 19.3. The fourth-order valence-corrected chi connectivity index (χ4v) is 4.56. The highest BCUT2D eigenvalue weighted by Crippen LogP contribution is 2.33. The number of carbonyl (C=O) groups excluding carboxylic acids is 1. The second-order valence-electron chi connectivity index (χ2n) is 10.4. The van der Waals surface area contributed by atoms with Gasteiger partial charge in [0.1, 0.15) is 23.1 Å². The van der Waals surface area contributed by atoms with Crippen LogP contribution in [0.3, 0.4) is 0 Å². The molecule has 1 aromatic carbocycles. The van der Waals surface area contributed by atoms with Crippen molar-refractivity contribution in [2.75, 3.05) is 18.4 Å². The summed E-state index contributed by atoms with van der Waals surface area (Å²) in [6, 6.07) is 5.24. The number of hydrogen-bond acceptors (Lipinski definition) is 6. The van der Waals surface area contributed by atoms with Gasteiger partial charge in [0.05, 0.1) is 23.3 Å². The number of nitrogens with zero attached hydrogens (tertiary/aromatic N) is 4. The van der Waals surface area contributed by atoms with Crippen molar-refractivity contribution >= 4 is 22.8 Å². The van der Waals surface area contributed by atoms with Crippen LogP contribution in [0.15, 0.2) is 30.5 Å². The highest BCUT2D eigenvalue weighted by Gasteiger charge is 2.29. The average Bonchev–Trinajstić information content (AvgIpc) is 2.82. The lowest BCUT2D eigenvalue weighted by Crippen LogP contribution is -2.42. The molecule has 3 heterocycles. The predicted octanol–water partition coefficient (Wildman–Crippen LogP) is 6.70. The van der Waals surface area contributed by atoms with E-state index in [-0.39, 0.29) is 17.6 Å². The molecule has 0 spiro atoms. The summed E-state index contributed by atoms with van der Waals surface area (Å²) in [7, 11) is 0. The molecule has 3 aromatic rings. The SMILES string of the molecule is Cc1nc(N[C@H](C)c2cccc(C(F)F)c2F)c2cc([C@H]3CCCN(C(=O)OC(C)(C)C)C3)ncc2n1. The molecule has 0 bridgehead atoms. The lowest BCUT2D eigenvalue weighted by atomic mass is 9.94. The number of benzene rings is 1. The van der Waals surface area contributed by atoms with E-state index in [0.717, 1.165) is 24.6 Å². The maximum Gasteiger partial charge on any atom is 0.410 e. The van der Waals surface area contributed by atoms with Crippen molar-refractivity contribution in [3.8, 4) is 0 Å². The molecule has 1 amide bonds. The Kier molecular flexibility index (Phi) is 7.57. The highest BCUT2D eigenvalue weighted by molar-refractivity contribution is 5.89. The summed E-state index contributed by atoms with van der Waals surface area (Å²) < 4.78 is 46.8. The van der Waals surface area contributed by atoms with E-state index in [1.165, 1.54) is 12.1 Å². The summed E-state index contributed by atoms with van der Waals surface area (Å²) in [6.45, 7) is 10.0. The Morgan fingerprint density at radius 3 is 2.65 bits per heavy atom. The number of nitrogens with one attached hydrogen (secondary N) is 1. The van der Waals surface area contributed by atoms with E-state index in [2.05, 4.69) is 20.3 Å². The van der Waals surface area contributed by atoms with Crippen molar-refractivity contribution in [2.45, 2.75) is 71.4 Å². The zero-order chi connectivity index (χ0) is 26.9. The van der Waals surface area contributed by atoms with Gasteiger partial charge in [0.2, 0.25) is 0 Å². The first-order valence-electron chi connectivity index (χ1n) is 12.4. The lowest BCUT2D eigenvalue weighted by Gasteiger charge is -2.34. The minimum absolute atomic E-state index is 0.00240. The van der Waals surface area contributed by atoms with Crippen LogP contribution < -0.4 is 5.32 Å². The third kappa shape index (κ3) is 6.11. The molecular formula is C27H32F3N5O2. The van der Waals surface area contributed by atoms with Gasteiger partial charge < -0.3 is 15.0 Å². The Morgan fingerprint density at radius 1 is 1.22 bits per heavy atom. The monoisotopic (exact) mass is 515 g/mol. The molecule has 2 aromatic heterocycles. The number of pyridine rings is 1. The fraction of sp³-hybridized carbons (Fsp3) is 0.481. The molecule has 1 fully saturated rings. The van der Waals surface area contributed by atoms with Crippen LogP contribution in [-0.4, -0.2) is 44.6 Å². The molecule has 0 unspecified atom stereocenters. The molecule has 1 aliphatic heterocycles. The van der Waals surface area contributed by atoms with Gasteiger partial charge in [-0.3, -0.25) is 4.98 Å². The number of rotatable bonds is 5. The van der Waals surface area contributed by atoms with Crippen molar-refractivity contribution in [3.05, 3.63) is 58.9 Å². The molecule has 10 heteroatoms. The van der Waals surface area contributed by atoms with Crippen LogP contribution in [0.5, 0.6) is 0 Å². The first-order chi connectivity index (χ1) is 17.4. The summed E-state index contributed by atoms with van der Waals surface area (Å²) in [5, 5.41) is 3.87. The standard InChI is InChI=1S/C27H32F3N5O2/c1-15(18-9-6-10-19(23(18)28)24(29)30)32-25-20-12-21(31-13-22(20)33-16(2)34-25)17-8-7-11-35(14-17)26(36)37-27(3,4)5/h6,9-10,12-13,15,17,24H,7-8,11,14H2,1-5H3,(H,32,33,34)/t15-,17+/m1/s1. The van der Waals surface area contributed by atoms with Crippen molar-refractivity contribution in [1.82, 2.24) is 19.9 Å². The number of aryl methyl sites for hydroxylation is 1. The summed E-state index contributed by atoms with van der Waals surface area (Å²) >= 11 is 0. The smallest absolute Gasteiger partial charge is 0.410 e. The number of piperidine rings is 1. The minimum atomic E-state index is -2.90. The zero-order valence-corrected chi connectivity index (χ0v) is 21.7. The molecule has 37 heavy (non-hydrogen) atoms. The predicted molar refractivity (Wildman–Crippen MR) is 135 cm³/mol. The number of anilines is 1. The zero-order valence-electron chi connectivity index (χ0n) is 21.7. The molecule has 4 rings (SSSR count). The second kappa shape index (κ2) is 10.5. The summed E-state index contributed by atoms with van der Waals surface area (Å²) in [5.41, 5.74) is 0.304. The van der Waals surface area contributed by atoms with E-state index in [1.807, 2.05) is 26.8 Å². The Morgan fingerprint density at radius 2 is 1.95 bits per heavy atom. The quantitative estimate of drug-likeness (QED) is 0.407. The van der Waals surface area contributed by atoms with Crippen molar-refractivity contribution < 1.29 is 22.7 Å². The minimum Gasteiger partial charge on any atom is -0.444 e. The number of carbonyl (C=O) groups is 1. The van der Waals surface area contributed by atoms with Gasteiger partial charge in [-0.1, -0.05) is 18.2 Å². The first-order valence-corrected chi connectivity index (χ1v) is 12.4. The number of alkyl halides is 2. The van der Waals surface area contributed by atoms with Gasteiger partial charge >= 0.3 is 6.09 Å². The maximum atomic E-state index is 14.8. The van der Waals surface area contributed by atoms with Crippen molar-refractivity contribution in [3.63, 3.8) is 0 Å². The summed E-state index contributed by atoms with van der Waals surface area (Å²) in [5.74, 6) is 0.0180. The average molecular weight is 516 g/mol. The molecule has 1 N–H and O–H groups in total. The number of amides is 1. The summed E-state index contributed by atoms with van der Waals surface area (Å²) in [6.07, 6.45) is 0.0880. The number of aromatic nitrogens is 3. The van der Waals surface area contributed by atoms with Crippen LogP contribution in [0.2, 0.25) is 0 Å². The van der Waals surface area contributed by atoms with Crippen molar-refractivity contribution in [1.29, 1.82) is 0 Å². The molecule has 0 saturated carbocycles. The van der Waals surface area contributed by atoms with Crippen LogP contribution >= 0.6 is 0 Å². The van der Waals surface area contributed by atoms with E-state index in [1.54, 1.807) is 24.9 Å². The van der Waals surface area contributed by atoms with E-state index >= 15 is 0 Å². The third-order valence-electron chi connectivity index (χ3n) is 6.32. The molecule has 1 saturated heterocycles. The summed E-state index contributed by atoms with van der Waals surface area (Å²) in [4.78, 5) is 27.9. The Balaban J connectivity index is 1.62. The van der Waals surface area contributed by atoms with E-state index in [0.29, 0.717) is 35.6 Å². The molecule has 0 radical (unpaired) electrons. The van der Waals surface area contributed by atoms with Gasteiger partial charge in [0, 0.05) is 35.7 Å². The van der Waals surface area contributed by atoms with Crippen LogP contribution in [0.4, 0.5) is 23.8 Å². The van der Waals surface area contributed by atoms with Crippen LogP contribution in [0, 0.1) is 12.7 Å². The number of likely N-dealkylation sites (tertiary alicyclic amines) is 1. The Hall–Kier alpha value is -3.43. The number of fused-ring (bicyclic) bond motifs is 1. The molecule has 2 atom stereocenters. The van der Waals surface area contributed by atoms with E-state index < -0.39 is 29.4 Å². The fourth-order valence-electron chi connectivity index (χ4n) is 4.56. The molecule has 7 nitrogen and oxygen atoms in total. The van der Waals surface area contributed by atoms with Crippen molar-refractivity contribution in [2.24, 2.45) is 0 Å². The normalized spacial score (nSPS) is 17.2. The number of hydrogen-bond donors (Lipinski definition) is 1. The van der Waals surface area contributed by atoms with Gasteiger partial charge in [0.15, 0.2) is 0 Å². The van der Waals surface area contributed by atoms with Gasteiger partial charge in [-0.25, -0.2) is 27.9 Å². The molecule has 198 valence electrons. The largest absolute Gasteiger partial charge is 0.444 e. The third-order valence-corrected chi connectivity index (χ3v) is 6.32. The van der Waals surface area contributed by atoms with Gasteiger partial charge in [-0.15, -0.1) is 0 Å². The molecule has 0 aliphatic carbocycles. The number of halogens is 3. The van der Waals surface area contributed by atoms with E-state index in [9.17, 15) is 18.0 Å². The molecular weight excluding hydrogens is 483 g/mol. The Labute approximate surface area is 214 Å². The van der Waals surface area contributed by atoms with Gasteiger partial charge in [0.25, 0.3) is 6.43 Å². The first kappa shape index (κ1) is 26.6. The topological polar surface area (TPSA) is 80.2 Å².